The molecule has 0 radical (unpaired) electrons. The summed E-state index contributed by atoms with van der Waals surface area (Å²) >= 11 is 0. The summed E-state index contributed by atoms with van der Waals surface area (Å²) in [5, 5.41) is 18.8. The van der Waals surface area contributed by atoms with Crippen LogP contribution in [-0.4, -0.2) is 22.2 Å². The van der Waals surface area contributed by atoms with Gasteiger partial charge in [-0.15, -0.1) is 0 Å². The average Bonchev–Trinajstić information content (AvgIpc) is 1.86. The monoisotopic (exact) mass is 157 g/mol. The molecule has 0 rings (SSSR count). The zero-order valence-corrected chi connectivity index (χ0v) is 5.13. The van der Waals surface area contributed by atoms with E-state index in [2.05, 4.69) is 10.0 Å². The van der Waals surface area contributed by atoms with E-state index in [9.17, 15) is 9.59 Å². The molecule has 0 amide bonds. The number of carboxylic acids is 2. The summed E-state index contributed by atoms with van der Waals surface area (Å²) in [7, 11) is 0. The molecular formula is C4H3N3O4. The fourth-order valence-electron chi connectivity index (χ4n) is 0.299. The van der Waals surface area contributed by atoms with Crippen LogP contribution in [0.2, 0.25) is 0 Å². The van der Waals surface area contributed by atoms with Gasteiger partial charge in [0.2, 0.25) is 0 Å². The second-order valence-corrected chi connectivity index (χ2v) is 1.36. The van der Waals surface area contributed by atoms with Crippen molar-refractivity contribution in [3.05, 3.63) is 22.2 Å². The second-order valence-electron chi connectivity index (χ2n) is 1.36. The maximum Gasteiger partial charge on any atom is 0.338 e. The summed E-state index contributed by atoms with van der Waals surface area (Å²) in [5.74, 6) is -3.06. The quantitative estimate of drug-likeness (QED) is 0.265. The van der Waals surface area contributed by atoms with E-state index < -0.39 is 17.6 Å². The molecule has 0 fully saturated rings. The molecule has 0 bridgehead atoms. The van der Waals surface area contributed by atoms with E-state index in [4.69, 9.17) is 15.7 Å². The SMILES string of the molecule is [N-]=[N+]=N/C(=C/C(=O)O)C(=O)O. The van der Waals surface area contributed by atoms with Crippen LogP contribution in [0.3, 0.4) is 0 Å². The van der Waals surface area contributed by atoms with Crippen molar-refractivity contribution in [2.75, 3.05) is 0 Å². The molecule has 0 aromatic heterocycles. The minimum absolute atomic E-state index is 0.308. The lowest BCUT2D eigenvalue weighted by molar-refractivity contribution is -0.135. The van der Waals surface area contributed by atoms with Crippen LogP contribution in [0, 0.1) is 0 Å². The zero-order chi connectivity index (χ0) is 8.85. The highest BCUT2D eigenvalue weighted by Gasteiger charge is 2.05. The van der Waals surface area contributed by atoms with Gasteiger partial charge in [0.1, 0.15) is 5.70 Å². The molecule has 0 aliphatic carbocycles. The van der Waals surface area contributed by atoms with Gasteiger partial charge in [0.25, 0.3) is 0 Å². The molecule has 58 valence electrons. The van der Waals surface area contributed by atoms with Crippen molar-refractivity contribution >= 4 is 11.9 Å². The normalized spacial score (nSPS) is 10.0. The van der Waals surface area contributed by atoms with E-state index >= 15 is 0 Å². The predicted molar refractivity (Wildman–Crippen MR) is 32.5 cm³/mol. The third kappa shape index (κ3) is 3.55. The van der Waals surface area contributed by atoms with Gasteiger partial charge >= 0.3 is 11.9 Å². The van der Waals surface area contributed by atoms with Crippen molar-refractivity contribution in [1.29, 1.82) is 0 Å². The molecule has 0 aliphatic rings. The van der Waals surface area contributed by atoms with Crippen molar-refractivity contribution in [1.82, 2.24) is 0 Å². The van der Waals surface area contributed by atoms with Crippen LogP contribution < -0.4 is 0 Å². The van der Waals surface area contributed by atoms with Crippen LogP contribution >= 0.6 is 0 Å². The molecule has 0 aliphatic heterocycles. The van der Waals surface area contributed by atoms with Gasteiger partial charge in [-0.25, -0.2) is 9.59 Å². The van der Waals surface area contributed by atoms with Crippen molar-refractivity contribution in [2.45, 2.75) is 0 Å². The van der Waals surface area contributed by atoms with E-state index in [1.807, 2.05) is 0 Å². The summed E-state index contributed by atoms with van der Waals surface area (Å²) in [6.07, 6.45) is 0.308. The third-order valence-electron chi connectivity index (χ3n) is 0.632. The summed E-state index contributed by atoms with van der Waals surface area (Å²) in [4.78, 5) is 22.0. The first kappa shape index (κ1) is 8.99. The molecular weight excluding hydrogens is 154 g/mol. The number of carboxylic acid groups (broad SMARTS) is 2. The lowest BCUT2D eigenvalue weighted by atomic mass is 10.4. The fourth-order valence-corrected chi connectivity index (χ4v) is 0.299. The first-order valence-corrected chi connectivity index (χ1v) is 2.31. The molecule has 7 nitrogen and oxygen atoms in total. The minimum Gasteiger partial charge on any atom is -0.478 e. The number of carbonyl (C=O) groups is 2. The molecule has 0 aromatic carbocycles. The lowest BCUT2D eigenvalue weighted by Crippen LogP contribution is -2.00. The van der Waals surface area contributed by atoms with E-state index in [0.717, 1.165) is 0 Å². The van der Waals surface area contributed by atoms with Crippen LogP contribution in [0.25, 0.3) is 10.4 Å². The molecule has 0 aromatic rings. The fraction of sp³-hybridized carbons (Fsp3) is 0. The molecule has 0 saturated carbocycles. The lowest BCUT2D eigenvalue weighted by Gasteiger charge is -1.86. The van der Waals surface area contributed by atoms with Gasteiger partial charge in [0.05, 0.1) is 0 Å². The number of nitrogens with zero attached hydrogens (tertiary/aromatic N) is 3. The Hall–Kier alpha value is -2.01. The number of rotatable bonds is 3. The smallest absolute Gasteiger partial charge is 0.338 e. The molecule has 0 heterocycles. The Morgan fingerprint density at radius 3 is 2.27 bits per heavy atom. The number of hydrogen-bond acceptors (Lipinski definition) is 3. The van der Waals surface area contributed by atoms with Gasteiger partial charge in [-0.2, -0.15) is 0 Å². The Morgan fingerprint density at radius 1 is 1.45 bits per heavy atom. The predicted octanol–water partition coefficient (Wildman–Crippen LogP) is 0.350. The molecule has 7 heteroatoms. The largest absolute Gasteiger partial charge is 0.478 e. The topological polar surface area (TPSA) is 123 Å². The maximum absolute atomic E-state index is 10.0. The van der Waals surface area contributed by atoms with Gasteiger partial charge in [-0.1, -0.05) is 5.11 Å². The zero-order valence-electron chi connectivity index (χ0n) is 5.13. The van der Waals surface area contributed by atoms with Gasteiger partial charge in [0.15, 0.2) is 0 Å². The Bertz CT molecular complexity index is 259. The molecule has 0 spiro atoms. The summed E-state index contributed by atoms with van der Waals surface area (Å²) < 4.78 is 0. The Balaban J connectivity index is 4.73. The Kier molecular flexibility index (Phi) is 3.20. The molecule has 0 unspecified atom stereocenters. The van der Waals surface area contributed by atoms with Crippen LogP contribution in [0.1, 0.15) is 0 Å². The molecule has 0 saturated heterocycles. The first-order valence-electron chi connectivity index (χ1n) is 2.31. The van der Waals surface area contributed by atoms with E-state index in [0.29, 0.717) is 6.08 Å². The maximum atomic E-state index is 10.0. The number of azide groups is 1. The summed E-state index contributed by atoms with van der Waals surface area (Å²) in [5.41, 5.74) is 6.91. The number of aliphatic carboxylic acids is 2. The molecule has 0 atom stereocenters. The Morgan fingerprint density at radius 2 is 2.00 bits per heavy atom. The van der Waals surface area contributed by atoms with Gasteiger partial charge < -0.3 is 10.2 Å². The van der Waals surface area contributed by atoms with Crippen molar-refractivity contribution in [2.24, 2.45) is 5.11 Å². The highest BCUT2D eigenvalue weighted by Crippen LogP contribution is 1.96. The second kappa shape index (κ2) is 3.91. The molecule has 2 N–H and O–H groups in total. The summed E-state index contributed by atoms with van der Waals surface area (Å²) in [6, 6.07) is 0. The standard InChI is InChI=1S/C4H3N3O4/c5-7-6-2(4(10)11)1-3(8)9/h1H,(H,8,9)(H,10,11)/b2-1+. The van der Waals surface area contributed by atoms with Crippen LogP contribution in [0.4, 0.5) is 0 Å². The van der Waals surface area contributed by atoms with Crippen molar-refractivity contribution in [3.8, 4) is 0 Å². The average molecular weight is 157 g/mol. The summed E-state index contributed by atoms with van der Waals surface area (Å²) in [6.45, 7) is 0. The van der Waals surface area contributed by atoms with Crippen LogP contribution in [0.15, 0.2) is 16.9 Å². The highest BCUT2D eigenvalue weighted by atomic mass is 16.4. The van der Waals surface area contributed by atoms with E-state index in [-0.39, 0.29) is 0 Å². The van der Waals surface area contributed by atoms with Crippen LogP contribution in [-0.2, 0) is 9.59 Å². The highest BCUT2D eigenvalue weighted by molar-refractivity contribution is 5.94. The van der Waals surface area contributed by atoms with Gasteiger partial charge in [-0.3, -0.25) is 0 Å². The van der Waals surface area contributed by atoms with Crippen molar-refractivity contribution in [3.63, 3.8) is 0 Å². The van der Waals surface area contributed by atoms with Gasteiger partial charge in [-0.05, 0) is 5.53 Å². The number of hydrogen-bond donors (Lipinski definition) is 2. The first-order chi connectivity index (χ1) is 5.07. The Labute approximate surface area is 60.2 Å². The third-order valence-corrected chi connectivity index (χ3v) is 0.632. The van der Waals surface area contributed by atoms with Crippen LogP contribution in [0.5, 0.6) is 0 Å². The van der Waals surface area contributed by atoms with E-state index in [1.165, 1.54) is 0 Å². The van der Waals surface area contributed by atoms with Gasteiger partial charge in [0, 0.05) is 11.0 Å². The van der Waals surface area contributed by atoms with Crippen molar-refractivity contribution < 1.29 is 19.8 Å². The molecule has 11 heavy (non-hydrogen) atoms. The van der Waals surface area contributed by atoms with E-state index in [1.54, 1.807) is 0 Å². The minimum atomic E-state index is -1.58.